The summed E-state index contributed by atoms with van der Waals surface area (Å²) in [6, 6.07) is 7.41. The molecular formula is C12H15ClO2. The van der Waals surface area contributed by atoms with Crippen LogP contribution in [0.1, 0.15) is 25.3 Å². The Labute approximate surface area is 94.8 Å². The maximum atomic E-state index is 10.5. The predicted octanol–water partition coefficient (Wildman–Crippen LogP) is 2.73. The molecule has 0 spiro atoms. The third-order valence-corrected chi connectivity index (χ3v) is 3.18. The van der Waals surface area contributed by atoms with Crippen LogP contribution in [-0.4, -0.2) is 17.8 Å². The summed E-state index contributed by atoms with van der Waals surface area (Å²) in [5.74, 6) is 0. The zero-order valence-electron chi connectivity index (χ0n) is 8.74. The van der Waals surface area contributed by atoms with E-state index in [4.69, 9.17) is 16.3 Å². The third kappa shape index (κ3) is 2.33. The van der Waals surface area contributed by atoms with Crippen molar-refractivity contribution in [3.05, 3.63) is 34.9 Å². The molecule has 0 aromatic heterocycles. The van der Waals surface area contributed by atoms with Gasteiger partial charge >= 0.3 is 0 Å². The molecule has 1 aromatic carbocycles. The molecule has 1 saturated heterocycles. The van der Waals surface area contributed by atoms with Crippen molar-refractivity contribution in [2.24, 2.45) is 0 Å². The van der Waals surface area contributed by atoms with Crippen LogP contribution in [0.25, 0.3) is 0 Å². The number of halogens is 1. The molecule has 0 saturated carbocycles. The third-order valence-electron chi connectivity index (χ3n) is 2.92. The Bertz CT molecular complexity index is 336. The maximum absolute atomic E-state index is 10.5. The molecule has 1 heterocycles. The van der Waals surface area contributed by atoms with Gasteiger partial charge in [-0.25, -0.2) is 0 Å². The molecule has 2 atom stereocenters. The molecule has 0 radical (unpaired) electrons. The summed E-state index contributed by atoms with van der Waals surface area (Å²) in [7, 11) is 0. The van der Waals surface area contributed by atoms with Crippen LogP contribution in [0.3, 0.4) is 0 Å². The molecule has 1 fully saturated rings. The summed E-state index contributed by atoms with van der Waals surface area (Å²) in [4.78, 5) is 0. The Balaban J connectivity index is 2.24. The minimum absolute atomic E-state index is 0.111. The first kappa shape index (κ1) is 10.9. The molecule has 82 valence electrons. The molecule has 2 rings (SSSR count). The minimum Gasteiger partial charge on any atom is -0.385 e. The quantitative estimate of drug-likeness (QED) is 0.798. The van der Waals surface area contributed by atoms with E-state index in [1.165, 1.54) is 0 Å². The largest absolute Gasteiger partial charge is 0.385 e. The summed E-state index contributed by atoms with van der Waals surface area (Å²) >= 11 is 5.82. The number of hydrogen-bond donors (Lipinski definition) is 1. The van der Waals surface area contributed by atoms with Crippen LogP contribution in [0.4, 0.5) is 0 Å². The van der Waals surface area contributed by atoms with Gasteiger partial charge in [0.2, 0.25) is 0 Å². The Hall–Kier alpha value is -0.570. The van der Waals surface area contributed by atoms with E-state index >= 15 is 0 Å². The average molecular weight is 227 g/mol. The molecule has 1 aromatic rings. The maximum Gasteiger partial charge on any atom is 0.0943 e. The van der Waals surface area contributed by atoms with Gasteiger partial charge in [-0.15, -0.1) is 0 Å². The lowest BCUT2D eigenvalue weighted by atomic mass is 9.84. The minimum atomic E-state index is -0.748. The highest BCUT2D eigenvalue weighted by Gasteiger charge is 2.34. The van der Waals surface area contributed by atoms with Gasteiger partial charge in [0.25, 0.3) is 0 Å². The standard InChI is InChI=1S/C12H15ClO2/c1-9-8-12(14,6-7-15-9)10-2-4-11(13)5-3-10/h2-5,9,14H,6-8H2,1H3. The van der Waals surface area contributed by atoms with E-state index in [1.54, 1.807) is 0 Å². The van der Waals surface area contributed by atoms with Gasteiger partial charge < -0.3 is 9.84 Å². The normalized spacial score (nSPS) is 31.5. The van der Waals surface area contributed by atoms with E-state index in [0.717, 1.165) is 5.56 Å². The van der Waals surface area contributed by atoms with Crippen LogP contribution in [0.15, 0.2) is 24.3 Å². The van der Waals surface area contributed by atoms with Crippen LogP contribution in [0.2, 0.25) is 5.02 Å². The SMILES string of the molecule is CC1CC(O)(c2ccc(Cl)cc2)CCO1. The fraction of sp³-hybridized carbons (Fsp3) is 0.500. The Morgan fingerprint density at radius 3 is 2.67 bits per heavy atom. The molecule has 0 aliphatic carbocycles. The van der Waals surface area contributed by atoms with Gasteiger partial charge in [-0.1, -0.05) is 23.7 Å². The summed E-state index contributed by atoms with van der Waals surface area (Å²) < 4.78 is 5.43. The van der Waals surface area contributed by atoms with E-state index in [9.17, 15) is 5.11 Å². The second-order valence-corrected chi connectivity index (χ2v) is 4.61. The van der Waals surface area contributed by atoms with Gasteiger partial charge in [-0.2, -0.15) is 0 Å². The highest BCUT2D eigenvalue weighted by atomic mass is 35.5. The monoisotopic (exact) mass is 226 g/mol. The molecule has 2 unspecified atom stereocenters. The highest BCUT2D eigenvalue weighted by Crippen LogP contribution is 2.34. The van der Waals surface area contributed by atoms with Gasteiger partial charge in [0, 0.05) is 17.9 Å². The van der Waals surface area contributed by atoms with Crippen molar-refractivity contribution < 1.29 is 9.84 Å². The van der Waals surface area contributed by atoms with E-state index in [2.05, 4.69) is 0 Å². The fourth-order valence-corrected chi connectivity index (χ4v) is 2.21. The number of rotatable bonds is 1. The Morgan fingerprint density at radius 1 is 1.40 bits per heavy atom. The second-order valence-electron chi connectivity index (χ2n) is 4.17. The van der Waals surface area contributed by atoms with Gasteiger partial charge in [0.1, 0.15) is 0 Å². The van der Waals surface area contributed by atoms with Crippen molar-refractivity contribution >= 4 is 11.6 Å². The topological polar surface area (TPSA) is 29.5 Å². The summed E-state index contributed by atoms with van der Waals surface area (Å²) in [6.07, 6.45) is 1.41. The molecule has 0 amide bonds. The Morgan fingerprint density at radius 2 is 2.07 bits per heavy atom. The average Bonchev–Trinajstić information content (AvgIpc) is 2.18. The molecule has 15 heavy (non-hydrogen) atoms. The van der Waals surface area contributed by atoms with Crippen LogP contribution < -0.4 is 0 Å². The van der Waals surface area contributed by atoms with Crippen molar-refractivity contribution in [3.63, 3.8) is 0 Å². The van der Waals surface area contributed by atoms with Crippen molar-refractivity contribution in [2.75, 3.05) is 6.61 Å². The molecule has 1 aliphatic rings. The first-order chi connectivity index (χ1) is 7.10. The molecule has 1 N–H and O–H groups in total. The van der Waals surface area contributed by atoms with Gasteiger partial charge in [-0.3, -0.25) is 0 Å². The van der Waals surface area contributed by atoms with E-state index in [1.807, 2.05) is 31.2 Å². The van der Waals surface area contributed by atoms with Crippen LogP contribution in [0.5, 0.6) is 0 Å². The zero-order valence-corrected chi connectivity index (χ0v) is 9.50. The van der Waals surface area contributed by atoms with Gasteiger partial charge in [0.05, 0.1) is 18.3 Å². The van der Waals surface area contributed by atoms with Crippen LogP contribution in [-0.2, 0) is 10.3 Å². The molecular weight excluding hydrogens is 212 g/mol. The number of ether oxygens (including phenoxy) is 1. The number of hydrogen-bond acceptors (Lipinski definition) is 2. The highest BCUT2D eigenvalue weighted by molar-refractivity contribution is 6.30. The molecule has 1 aliphatic heterocycles. The first-order valence-electron chi connectivity index (χ1n) is 5.20. The van der Waals surface area contributed by atoms with Gasteiger partial charge in [0.15, 0.2) is 0 Å². The van der Waals surface area contributed by atoms with E-state index in [0.29, 0.717) is 24.5 Å². The van der Waals surface area contributed by atoms with Crippen molar-refractivity contribution in [1.82, 2.24) is 0 Å². The number of aliphatic hydroxyl groups is 1. The smallest absolute Gasteiger partial charge is 0.0943 e. The van der Waals surface area contributed by atoms with Gasteiger partial charge in [-0.05, 0) is 24.6 Å². The lowest BCUT2D eigenvalue weighted by Crippen LogP contribution is -2.37. The van der Waals surface area contributed by atoms with Crippen molar-refractivity contribution in [2.45, 2.75) is 31.5 Å². The first-order valence-corrected chi connectivity index (χ1v) is 5.58. The number of benzene rings is 1. The molecule has 0 bridgehead atoms. The summed E-state index contributed by atoms with van der Waals surface area (Å²) in [6.45, 7) is 2.60. The van der Waals surface area contributed by atoms with Crippen molar-refractivity contribution in [3.8, 4) is 0 Å². The van der Waals surface area contributed by atoms with E-state index < -0.39 is 5.60 Å². The zero-order chi connectivity index (χ0) is 10.9. The summed E-state index contributed by atoms with van der Waals surface area (Å²) in [5.41, 5.74) is 0.185. The van der Waals surface area contributed by atoms with Crippen LogP contribution >= 0.6 is 11.6 Å². The lowest BCUT2D eigenvalue weighted by Gasteiger charge is -2.36. The Kier molecular flexibility index (Phi) is 3.01. The van der Waals surface area contributed by atoms with Crippen molar-refractivity contribution in [1.29, 1.82) is 0 Å². The molecule has 3 heteroatoms. The summed E-state index contributed by atoms with van der Waals surface area (Å²) in [5, 5.41) is 11.2. The fourth-order valence-electron chi connectivity index (χ4n) is 2.09. The predicted molar refractivity (Wildman–Crippen MR) is 60.0 cm³/mol. The second kappa shape index (κ2) is 4.12. The van der Waals surface area contributed by atoms with E-state index in [-0.39, 0.29) is 6.10 Å². The lowest BCUT2D eigenvalue weighted by molar-refractivity contribution is -0.101. The molecule has 2 nitrogen and oxygen atoms in total. The van der Waals surface area contributed by atoms with Crippen LogP contribution in [0, 0.1) is 0 Å².